The van der Waals surface area contributed by atoms with Crippen molar-refractivity contribution in [2.75, 3.05) is 0 Å². The fourth-order valence-electron chi connectivity index (χ4n) is 2.11. The van der Waals surface area contributed by atoms with Crippen LogP contribution in [0.15, 0.2) is 39.9 Å². The molecule has 0 aliphatic heterocycles. The molecule has 1 unspecified atom stereocenters. The fourth-order valence-corrected chi connectivity index (χ4v) is 2.11. The molecule has 1 atom stereocenters. The van der Waals surface area contributed by atoms with Crippen LogP contribution in [0.3, 0.4) is 0 Å². The first-order valence-corrected chi connectivity index (χ1v) is 6.17. The molecule has 1 aromatic carbocycles. The second-order valence-corrected chi connectivity index (χ2v) is 4.60. The lowest BCUT2D eigenvalue weighted by atomic mass is 9.95. The van der Waals surface area contributed by atoms with Crippen LogP contribution in [0.25, 0.3) is 0 Å². The third-order valence-corrected chi connectivity index (χ3v) is 3.16. The molecule has 1 heterocycles. The molecule has 3 N–H and O–H groups in total. The number of benzene rings is 1. The summed E-state index contributed by atoms with van der Waals surface area (Å²) in [4.78, 5) is 27.0. The van der Waals surface area contributed by atoms with E-state index in [1.165, 1.54) is 5.56 Å². The second kappa shape index (κ2) is 5.56. The van der Waals surface area contributed by atoms with Crippen LogP contribution in [-0.4, -0.2) is 15.1 Å². The van der Waals surface area contributed by atoms with Crippen LogP contribution in [0.5, 0.6) is 5.88 Å². The van der Waals surface area contributed by atoms with Gasteiger partial charge in [0.1, 0.15) is 0 Å². The van der Waals surface area contributed by atoms with Gasteiger partial charge in [-0.15, -0.1) is 0 Å². The van der Waals surface area contributed by atoms with Gasteiger partial charge in [0.25, 0.3) is 5.56 Å². The van der Waals surface area contributed by atoms with Gasteiger partial charge in [-0.25, -0.2) is 4.79 Å². The zero-order chi connectivity index (χ0) is 13.8. The van der Waals surface area contributed by atoms with E-state index in [0.717, 1.165) is 6.42 Å². The molecule has 0 saturated heterocycles. The summed E-state index contributed by atoms with van der Waals surface area (Å²) in [6, 6.07) is 9.91. The minimum Gasteiger partial charge on any atom is -0.494 e. The normalized spacial score (nSPS) is 12.3. The van der Waals surface area contributed by atoms with E-state index in [0.29, 0.717) is 6.42 Å². The lowest BCUT2D eigenvalue weighted by molar-refractivity contribution is 0.432. The van der Waals surface area contributed by atoms with E-state index in [9.17, 15) is 14.7 Å². The summed E-state index contributed by atoms with van der Waals surface area (Å²) in [6.45, 7) is 1.85. The summed E-state index contributed by atoms with van der Waals surface area (Å²) in [6.07, 6.45) is 1.52. The lowest BCUT2D eigenvalue weighted by Crippen LogP contribution is -2.26. The van der Waals surface area contributed by atoms with E-state index in [4.69, 9.17) is 0 Å². The molecule has 0 amide bonds. The van der Waals surface area contributed by atoms with E-state index >= 15 is 0 Å². The average Bonchev–Trinajstić information content (AvgIpc) is 2.36. The van der Waals surface area contributed by atoms with Gasteiger partial charge < -0.3 is 5.11 Å². The largest absolute Gasteiger partial charge is 0.494 e. The third kappa shape index (κ3) is 3.13. The fraction of sp³-hybridized carbons (Fsp3) is 0.286. The predicted octanol–water partition coefficient (Wildman–Crippen LogP) is 1.51. The number of hydrogen-bond acceptors (Lipinski definition) is 3. The molecule has 0 bridgehead atoms. The zero-order valence-electron chi connectivity index (χ0n) is 10.6. The number of nitrogens with one attached hydrogen (secondary N) is 2. The maximum atomic E-state index is 11.7. The Kier molecular flexibility index (Phi) is 3.85. The quantitative estimate of drug-likeness (QED) is 0.778. The molecule has 2 aromatic rings. The van der Waals surface area contributed by atoms with Crippen molar-refractivity contribution in [3.8, 4) is 5.88 Å². The molecule has 0 aliphatic carbocycles. The van der Waals surface area contributed by atoms with Gasteiger partial charge in [0, 0.05) is 0 Å². The van der Waals surface area contributed by atoms with Gasteiger partial charge in [-0.3, -0.25) is 14.8 Å². The third-order valence-electron chi connectivity index (χ3n) is 3.16. The van der Waals surface area contributed by atoms with Crippen molar-refractivity contribution < 1.29 is 5.11 Å². The molecule has 2 rings (SSSR count). The minimum absolute atomic E-state index is 0.138. The first kappa shape index (κ1) is 13.1. The highest BCUT2D eigenvalue weighted by atomic mass is 16.3. The molecular weight excluding hydrogens is 244 g/mol. The SMILES string of the molecule is CC(CCc1ccccc1)c1c(O)[nH]c(=O)[nH]c1=O. The topological polar surface area (TPSA) is 85.9 Å². The van der Waals surface area contributed by atoms with Crippen molar-refractivity contribution >= 4 is 0 Å². The van der Waals surface area contributed by atoms with Crippen LogP contribution in [0.1, 0.15) is 30.4 Å². The zero-order valence-corrected chi connectivity index (χ0v) is 10.6. The molecule has 1 aromatic heterocycles. The van der Waals surface area contributed by atoms with Gasteiger partial charge in [0.05, 0.1) is 5.56 Å². The first-order chi connectivity index (χ1) is 9.08. The number of aryl methyl sites for hydroxylation is 1. The number of aromatic hydroxyl groups is 1. The Labute approximate surface area is 110 Å². The van der Waals surface area contributed by atoms with Gasteiger partial charge in [0.2, 0.25) is 5.88 Å². The maximum absolute atomic E-state index is 11.7. The van der Waals surface area contributed by atoms with E-state index in [1.807, 2.05) is 37.3 Å². The van der Waals surface area contributed by atoms with Crippen LogP contribution in [0, 0.1) is 0 Å². The summed E-state index contributed by atoms with van der Waals surface area (Å²) in [5.41, 5.74) is 0.188. The number of rotatable bonds is 4. The summed E-state index contributed by atoms with van der Waals surface area (Å²) >= 11 is 0. The maximum Gasteiger partial charge on any atom is 0.328 e. The van der Waals surface area contributed by atoms with Crippen molar-refractivity contribution in [1.29, 1.82) is 0 Å². The van der Waals surface area contributed by atoms with Crippen LogP contribution in [0.2, 0.25) is 0 Å². The van der Waals surface area contributed by atoms with Crippen molar-refractivity contribution in [3.05, 3.63) is 62.3 Å². The van der Waals surface area contributed by atoms with Crippen LogP contribution < -0.4 is 11.2 Å². The molecule has 0 saturated carbocycles. The van der Waals surface area contributed by atoms with Crippen LogP contribution in [0.4, 0.5) is 0 Å². The summed E-state index contributed by atoms with van der Waals surface area (Å²) in [5.74, 6) is -0.477. The smallest absolute Gasteiger partial charge is 0.328 e. The van der Waals surface area contributed by atoms with Crippen molar-refractivity contribution in [2.45, 2.75) is 25.7 Å². The highest BCUT2D eigenvalue weighted by Crippen LogP contribution is 2.23. The molecular formula is C14H16N2O3. The Morgan fingerprint density at radius 2 is 1.84 bits per heavy atom. The number of hydrogen-bond donors (Lipinski definition) is 3. The Morgan fingerprint density at radius 1 is 1.16 bits per heavy atom. The molecule has 0 radical (unpaired) electrons. The van der Waals surface area contributed by atoms with Gasteiger partial charge in [-0.2, -0.15) is 0 Å². The Hall–Kier alpha value is -2.30. The van der Waals surface area contributed by atoms with E-state index in [-0.39, 0.29) is 17.4 Å². The van der Waals surface area contributed by atoms with Crippen molar-refractivity contribution in [2.24, 2.45) is 0 Å². The highest BCUT2D eigenvalue weighted by molar-refractivity contribution is 5.25. The van der Waals surface area contributed by atoms with Gasteiger partial charge in [-0.1, -0.05) is 37.3 Å². The molecule has 0 aliphatic rings. The molecule has 0 fully saturated rings. The van der Waals surface area contributed by atoms with Gasteiger partial charge in [0.15, 0.2) is 0 Å². The summed E-state index contributed by atoms with van der Waals surface area (Å²) in [5, 5.41) is 9.66. The van der Waals surface area contributed by atoms with E-state index in [1.54, 1.807) is 0 Å². The Morgan fingerprint density at radius 3 is 2.47 bits per heavy atom. The molecule has 0 spiro atoms. The molecule has 5 heteroatoms. The predicted molar refractivity (Wildman–Crippen MR) is 72.5 cm³/mol. The van der Waals surface area contributed by atoms with Gasteiger partial charge >= 0.3 is 5.69 Å². The van der Waals surface area contributed by atoms with Crippen molar-refractivity contribution in [3.63, 3.8) is 0 Å². The Bertz CT molecular complexity index is 658. The number of aromatic nitrogens is 2. The minimum atomic E-state index is -0.693. The summed E-state index contributed by atoms with van der Waals surface area (Å²) < 4.78 is 0. The van der Waals surface area contributed by atoms with E-state index in [2.05, 4.69) is 9.97 Å². The second-order valence-electron chi connectivity index (χ2n) is 4.60. The highest BCUT2D eigenvalue weighted by Gasteiger charge is 2.16. The lowest BCUT2D eigenvalue weighted by Gasteiger charge is -2.11. The monoisotopic (exact) mass is 260 g/mol. The van der Waals surface area contributed by atoms with Crippen LogP contribution in [-0.2, 0) is 6.42 Å². The Balaban J connectivity index is 2.15. The van der Waals surface area contributed by atoms with E-state index < -0.39 is 11.2 Å². The number of H-pyrrole nitrogens is 2. The molecule has 100 valence electrons. The number of aromatic amines is 2. The standard InChI is InChI=1S/C14H16N2O3/c1-9(7-8-10-5-3-2-4-6-10)11-12(17)15-14(19)16-13(11)18/h2-6,9H,7-8H2,1H3,(H3,15,16,17,18,19). The van der Waals surface area contributed by atoms with Crippen molar-refractivity contribution in [1.82, 2.24) is 9.97 Å². The van der Waals surface area contributed by atoms with Gasteiger partial charge in [-0.05, 0) is 24.3 Å². The average molecular weight is 260 g/mol. The van der Waals surface area contributed by atoms with Crippen LogP contribution >= 0.6 is 0 Å². The molecule has 5 nitrogen and oxygen atoms in total. The molecule has 19 heavy (non-hydrogen) atoms. The first-order valence-electron chi connectivity index (χ1n) is 6.17. The summed E-state index contributed by atoms with van der Waals surface area (Å²) in [7, 11) is 0.